The van der Waals surface area contributed by atoms with Crippen LogP contribution >= 0.6 is 0 Å². The number of carboxylic acid groups (broad SMARTS) is 1. The topological polar surface area (TPSA) is 117 Å². The molecule has 5 N–H and O–H groups in total. The maximum absolute atomic E-state index is 10.1. The van der Waals surface area contributed by atoms with Crippen molar-refractivity contribution in [2.24, 2.45) is 0 Å². The van der Waals surface area contributed by atoms with Gasteiger partial charge in [0.05, 0.1) is 6.42 Å². The molecule has 0 aliphatic rings. The average molecular weight is 192 g/mol. The Balaban J connectivity index is -0.0000000817. The fraction of sp³-hybridized carbons (Fsp3) is 0.600. The quantitative estimate of drug-likeness (QED) is 0.543. The predicted molar refractivity (Wildman–Crippen MR) is 40.5 cm³/mol. The molecule has 0 rings (SSSR count). The Hall–Kier alpha value is 0.320. The molecule has 5 nitrogen and oxygen atoms in total. The molecule has 0 heterocycles. The van der Waals surface area contributed by atoms with Gasteiger partial charge in [0.25, 0.3) is 0 Å². The molecule has 6 heteroatoms. The molecule has 11 heavy (non-hydrogen) atoms. The second-order valence-corrected chi connectivity index (χ2v) is 1.60. The first kappa shape index (κ1) is 22.5. The molecule has 0 atom stereocenters. The minimum Gasteiger partial charge on any atom is -0.481 e. The molecular weight excluding hydrogens is 180 g/mol. The zero-order chi connectivity index (χ0) is 6.57. The summed E-state index contributed by atoms with van der Waals surface area (Å²) >= 11 is 0. The molecule has 0 aromatic rings. The molecule has 0 bridgehead atoms. The van der Waals surface area contributed by atoms with Crippen molar-refractivity contribution in [3.05, 3.63) is 0 Å². The van der Waals surface area contributed by atoms with Gasteiger partial charge >= 0.3 is 43.7 Å². The van der Waals surface area contributed by atoms with Crippen LogP contribution < -0.4 is 0 Å². The zero-order valence-electron chi connectivity index (χ0n) is 6.39. The first-order valence-corrected chi connectivity index (χ1v) is 2.34. The maximum Gasteiger partial charge on any atom is 2.00 e. The average Bonchev–Trinajstić information content (AvgIpc) is 1.61. The van der Waals surface area contributed by atoms with Crippen molar-refractivity contribution in [3.63, 3.8) is 0 Å². The van der Waals surface area contributed by atoms with Crippen LogP contribution in [0.5, 0.6) is 0 Å². The number of Topliss-reactive ketones (excluding diaryl/α,β-unsaturated/α-hetero) is 1. The number of rotatable bonds is 3. The summed E-state index contributed by atoms with van der Waals surface area (Å²) in [6.07, 6.45) is 0.102. The Morgan fingerprint density at radius 1 is 1.18 bits per heavy atom. The third-order valence-electron chi connectivity index (χ3n) is 0.691. The van der Waals surface area contributed by atoms with Crippen LogP contribution in [0.4, 0.5) is 0 Å². The fourth-order valence-corrected chi connectivity index (χ4v) is 0.283. The number of carbonyl (C=O) groups excluding carboxylic acids is 1. The van der Waals surface area contributed by atoms with E-state index in [0.717, 1.165) is 0 Å². The number of carboxylic acids is 1. The van der Waals surface area contributed by atoms with Gasteiger partial charge < -0.3 is 20.9 Å². The third-order valence-corrected chi connectivity index (χ3v) is 0.691. The standard InChI is InChI=1S/C5H8O3.Ca.2H2O/c1-4(6)2-3-5(7)8;;;/h2-3H2,1H3,(H,7,8);;2*1H2/q;+2;;. The third kappa shape index (κ3) is 25.2. The number of carbonyl (C=O) groups is 2. The van der Waals surface area contributed by atoms with Crippen LogP contribution in [0.3, 0.4) is 0 Å². The minimum atomic E-state index is -0.916. The van der Waals surface area contributed by atoms with E-state index < -0.39 is 5.97 Å². The molecule has 62 valence electrons. The number of hydrogen-bond donors (Lipinski definition) is 1. The zero-order valence-corrected chi connectivity index (χ0v) is 8.59. The van der Waals surface area contributed by atoms with Crippen molar-refractivity contribution in [3.8, 4) is 0 Å². The van der Waals surface area contributed by atoms with Gasteiger partial charge in [-0.1, -0.05) is 0 Å². The van der Waals surface area contributed by atoms with Gasteiger partial charge in [-0.05, 0) is 6.92 Å². The van der Waals surface area contributed by atoms with Crippen LogP contribution in [-0.4, -0.2) is 65.5 Å². The molecule has 0 aliphatic carbocycles. The molecule has 0 amide bonds. The minimum absolute atomic E-state index is 0. The van der Waals surface area contributed by atoms with E-state index in [2.05, 4.69) is 0 Å². The van der Waals surface area contributed by atoms with E-state index in [1.54, 1.807) is 0 Å². The number of hydrogen-bond acceptors (Lipinski definition) is 2. The van der Waals surface area contributed by atoms with Gasteiger partial charge in [0.2, 0.25) is 0 Å². The Bertz CT molecular complexity index is 99.4. The second-order valence-electron chi connectivity index (χ2n) is 1.60. The van der Waals surface area contributed by atoms with Crippen molar-refractivity contribution in [2.45, 2.75) is 19.8 Å². The van der Waals surface area contributed by atoms with Crippen molar-refractivity contribution in [2.75, 3.05) is 0 Å². The fourth-order valence-electron chi connectivity index (χ4n) is 0.283. The first-order valence-electron chi connectivity index (χ1n) is 2.34. The maximum atomic E-state index is 10.1. The van der Waals surface area contributed by atoms with Gasteiger partial charge in [0, 0.05) is 6.42 Å². The van der Waals surface area contributed by atoms with E-state index in [1.165, 1.54) is 6.92 Å². The van der Waals surface area contributed by atoms with Crippen molar-refractivity contribution in [1.82, 2.24) is 0 Å². The Morgan fingerprint density at radius 2 is 1.55 bits per heavy atom. The van der Waals surface area contributed by atoms with Gasteiger partial charge in [-0.25, -0.2) is 0 Å². The molecule has 0 radical (unpaired) electrons. The van der Waals surface area contributed by atoms with Gasteiger partial charge in [-0.15, -0.1) is 0 Å². The van der Waals surface area contributed by atoms with Crippen molar-refractivity contribution in [1.29, 1.82) is 0 Å². The van der Waals surface area contributed by atoms with Crippen LogP contribution in [0.1, 0.15) is 19.8 Å². The molecular formula is C5H12CaO5+2. The molecule has 0 aromatic heterocycles. The summed E-state index contributed by atoms with van der Waals surface area (Å²) in [7, 11) is 0. The molecule has 0 aliphatic heterocycles. The van der Waals surface area contributed by atoms with Crippen LogP contribution in [0.15, 0.2) is 0 Å². The molecule has 0 saturated carbocycles. The summed E-state index contributed by atoms with van der Waals surface area (Å²) in [6.45, 7) is 1.38. The molecule has 0 spiro atoms. The summed E-state index contributed by atoms with van der Waals surface area (Å²) in [6, 6.07) is 0. The van der Waals surface area contributed by atoms with E-state index in [0.29, 0.717) is 0 Å². The smallest absolute Gasteiger partial charge is 0.481 e. The molecule has 0 fully saturated rings. The van der Waals surface area contributed by atoms with Crippen LogP contribution in [0.25, 0.3) is 0 Å². The van der Waals surface area contributed by atoms with Gasteiger partial charge in [0.1, 0.15) is 5.78 Å². The Morgan fingerprint density at radius 3 is 1.64 bits per heavy atom. The largest absolute Gasteiger partial charge is 2.00 e. The predicted octanol–water partition coefficient (Wildman–Crippen LogP) is -1.59. The van der Waals surface area contributed by atoms with Crippen LogP contribution in [0, 0.1) is 0 Å². The Labute approximate surface area is 94.4 Å². The van der Waals surface area contributed by atoms with Crippen LogP contribution in [-0.2, 0) is 9.59 Å². The van der Waals surface area contributed by atoms with Crippen LogP contribution in [0.2, 0.25) is 0 Å². The van der Waals surface area contributed by atoms with Gasteiger partial charge in [-0.2, -0.15) is 0 Å². The van der Waals surface area contributed by atoms with E-state index in [9.17, 15) is 9.59 Å². The second kappa shape index (κ2) is 12.9. The van der Waals surface area contributed by atoms with Gasteiger partial charge in [0.15, 0.2) is 0 Å². The number of aliphatic carboxylic acids is 1. The van der Waals surface area contributed by atoms with E-state index in [4.69, 9.17) is 5.11 Å². The summed E-state index contributed by atoms with van der Waals surface area (Å²) in [5.74, 6) is -0.993. The van der Waals surface area contributed by atoms with Gasteiger partial charge in [-0.3, -0.25) is 4.79 Å². The number of ketones is 1. The summed E-state index contributed by atoms with van der Waals surface area (Å²) < 4.78 is 0. The normalized spacial score (nSPS) is 6.27. The molecule has 0 aromatic carbocycles. The van der Waals surface area contributed by atoms with Crippen molar-refractivity contribution >= 4 is 49.5 Å². The Kier molecular flexibility index (Phi) is 26.5. The summed E-state index contributed by atoms with van der Waals surface area (Å²) in [5, 5.41) is 8.01. The monoisotopic (exact) mass is 192 g/mol. The van der Waals surface area contributed by atoms with E-state index >= 15 is 0 Å². The first-order chi connectivity index (χ1) is 3.63. The summed E-state index contributed by atoms with van der Waals surface area (Å²) in [5.41, 5.74) is 0. The van der Waals surface area contributed by atoms with E-state index in [1.807, 2.05) is 0 Å². The molecule has 0 unspecified atom stereocenters. The summed E-state index contributed by atoms with van der Waals surface area (Å²) in [4.78, 5) is 19.8. The van der Waals surface area contributed by atoms with E-state index in [-0.39, 0.29) is 67.3 Å². The SMILES string of the molecule is CC(=O)CCC(=O)O.O.O.[Ca+2]. The van der Waals surface area contributed by atoms with Crippen molar-refractivity contribution < 1.29 is 25.6 Å². The molecule has 0 saturated heterocycles.